The summed E-state index contributed by atoms with van der Waals surface area (Å²) in [6, 6.07) is 5.11. The van der Waals surface area contributed by atoms with Gasteiger partial charge in [-0.3, -0.25) is 0 Å². The Morgan fingerprint density at radius 1 is 1.50 bits per heavy atom. The average molecular weight is 154 g/mol. The Bertz CT molecular complexity index is 255. The van der Waals surface area contributed by atoms with Crippen LogP contribution in [0.15, 0.2) is 18.2 Å². The summed E-state index contributed by atoms with van der Waals surface area (Å²) >= 11 is 0. The van der Waals surface area contributed by atoms with Crippen molar-refractivity contribution in [2.45, 2.75) is 6.92 Å². The van der Waals surface area contributed by atoms with Crippen molar-refractivity contribution < 1.29 is 4.39 Å². The van der Waals surface area contributed by atoms with Crippen LogP contribution in [0.2, 0.25) is 0 Å². The quantitative estimate of drug-likeness (QED) is 0.545. The van der Waals surface area contributed by atoms with Gasteiger partial charge in [0.1, 0.15) is 5.82 Å². The highest BCUT2D eigenvalue weighted by atomic mass is 31.0. The lowest BCUT2D eigenvalue weighted by atomic mass is 10.2. The lowest BCUT2D eigenvalue weighted by Gasteiger charge is -1.95. The smallest absolute Gasteiger partial charge is 0.131 e. The van der Waals surface area contributed by atoms with Crippen LogP contribution in [0, 0.1) is 12.7 Å². The summed E-state index contributed by atoms with van der Waals surface area (Å²) in [5, 5.41) is 0. The van der Waals surface area contributed by atoms with Gasteiger partial charge in [0.05, 0.1) is 0 Å². The minimum absolute atomic E-state index is 0.185. The van der Waals surface area contributed by atoms with Crippen molar-refractivity contribution >= 4 is 14.7 Å². The van der Waals surface area contributed by atoms with E-state index < -0.39 is 0 Å². The van der Waals surface area contributed by atoms with Gasteiger partial charge in [-0.15, -0.1) is 8.86 Å². The molecule has 0 aliphatic heterocycles. The number of rotatable bonds is 1. The molecule has 0 bridgehead atoms. The van der Waals surface area contributed by atoms with E-state index in [4.69, 9.17) is 0 Å². The third-order valence-corrected chi connectivity index (χ3v) is 1.62. The number of hydrogen-bond donors (Lipinski definition) is 0. The molecule has 0 radical (unpaired) electrons. The van der Waals surface area contributed by atoms with Gasteiger partial charge in [0.2, 0.25) is 0 Å². The van der Waals surface area contributed by atoms with Crippen LogP contribution in [0.1, 0.15) is 11.1 Å². The molecule has 2 heteroatoms. The zero-order valence-corrected chi connectivity index (χ0v) is 6.69. The summed E-state index contributed by atoms with van der Waals surface area (Å²) in [6.07, 6.45) is 0. The first kappa shape index (κ1) is 7.43. The fraction of sp³-hybridized carbons (Fsp3) is 0.125. The highest BCUT2D eigenvalue weighted by molar-refractivity contribution is 7.19. The second-order valence-corrected chi connectivity index (χ2v) is 2.46. The SMILES string of the molecule is Cc1ccc(C=P)c(F)c1. The minimum atomic E-state index is -0.185. The first-order chi connectivity index (χ1) is 4.74. The molecule has 0 saturated heterocycles. The van der Waals surface area contributed by atoms with E-state index in [-0.39, 0.29) is 5.82 Å². The van der Waals surface area contributed by atoms with Crippen LogP contribution in [-0.4, -0.2) is 5.80 Å². The first-order valence-corrected chi connectivity index (χ1v) is 3.58. The highest BCUT2D eigenvalue weighted by Gasteiger charge is 1.95. The molecular formula is C8H8FP. The maximum absolute atomic E-state index is 12.8. The van der Waals surface area contributed by atoms with Gasteiger partial charge in [0.15, 0.2) is 0 Å². The van der Waals surface area contributed by atoms with E-state index in [1.54, 1.807) is 11.9 Å². The summed E-state index contributed by atoms with van der Waals surface area (Å²) in [5.41, 5.74) is 1.53. The van der Waals surface area contributed by atoms with Crippen molar-refractivity contribution in [1.82, 2.24) is 0 Å². The zero-order chi connectivity index (χ0) is 7.56. The normalized spacial score (nSPS) is 9.40. The molecule has 0 heterocycles. The summed E-state index contributed by atoms with van der Waals surface area (Å²) < 4.78 is 12.8. The van der Waals surface area contributed by atoms with E-state index in [2.05, 4.69) is 8.86 Å². The van der Waals surface area contributed by atoms with Crippen molar-refractivity contribution in [3.8, 4) is 0 Å². The number of benzene rings is 1. The van der Waals surface area contributed by atoms with Gasteiger partial charge in [-0.25, -0.2) is 4.39 Å². The van der Waals surface area contributed by atoms with E-state index in [0.29, 0.717) is 5.56 Å². The second-order valence-electron chi connectivity index (χ2n) is 2.17. The standard InChI is InChI=1S/C8H8FP/c1-6-2-3-7(5-10)8(9)4-6/h2-5,10H,1H3. The predicted molar refractivity (Wildman–Crippen MR) is 44.6 cm³/mol. The lowest BCUT2D eigenvalue weighted by Crippen LogP contribution is -1.85. The molecule has 0 saturated carbocycles. The fourth-order valence-electron chi connectivity index (χ4n) is 0.749. The van der Waals surface area contributed by atoms with E-state index in [9.17, 15) is 4.39 Å². The average Bonchev–Trinajstić information content (AvgIpc) is 1.88. The van der Waals surface area contributed by atoms with Gasteiger partial charge >= 0.3 is 0 Å². The van der Waals surface area contributed by atoms with Crippen LogP contribution < -0.4 is 0 Å². The Morgan fingerprint density at radius 2 is 2.20 bits per heavy atom. The molecule has 0 nitrogen and oxygen atoms in total. The molecule has 1 aromatic rings. The monoisotopic (exact) mass is 154 g/mol. The van der Waals surface area contributed by atoms with Crippen molar-refractivity contribution in [2.75, 3.05) is 0 Å². The topological polar surface area (TPSA) is 0 Å². The Labute approximate surface area is 61.9 Å². The van der Waals surface area contributed by atoms with E-state index in [1.165, 1.54) is 6.07 Å². The van der Waals surface area contributed by atoms with E-state index in [0.717, 1.165) is 5.56 Å². The van der Waals surface area contributed by atoms with Crippen LogP contribution in [0.25, 0.3) is 0 Å². The van der Waals surface area contributed by atoms with Crippen molar-refractivity contribution in [3.05, 3.63) is 35.1 Å². The highest BCUT2D eigenvalue weighted by Crippen LogP contribution is 2.07. The predicted octanol–water partition coefficient (Wildman–Crippen LogP) is 2.43. The molecule has 0 fully saturated rings. The summed E-state index contributed by atoms with van der Waals surface area (Å²) in [7, 11) is 3.11. The van der Waals surface area contributed by atoms with Gasteiger partial charge in [-0.1, -0.05) is 12.1 Å². The molecule has 0 aliphatic carbocycles. The summed E-state index contributed by atoms with van der Waals surface area (Å²) in [4.78, 5) is 0. The van der Waals surface area contributed by atoms with Gasteiger partial charge in [0.25, 0.3) is 0 Å². The van der Waals surface area contributed by atoms with E-state index in [1.807, 2.05) is 13.0 Å². The van der Waals surface area contributed by atoms with Gasteiger partial charge in [0, 0.05) is 5.56 Å². The molecule has 10 heavy (non-hydrogen) atoms. The minimum Gasteiger partial charge on any atom is -0.206 e. The van der Waals surface area contributed by atoms with Gasteiger partial charge < -0.3 is 0 Å². The molecule has 0 atom stereocenters. The molecule has 0 N–H and O–H groups in total. The number of hydrogen-bond acceptors (Lipinski definition) is 0. The molecule has 0 aliphatic rings. The molecule has 1 aromatic carbocycles. The Balaban J connectivity index is 3.19. The largest absolute Gasteiger partial charge is 0.206 e. The van der Waals surface area contributed by atoms with Crippen LogP contribution in [0.4, 0.5) is 4.39 Å². The fourth-order valence-corrected chi connectivity index (χ4v) is 0.983. The third kappa shape index (κ3) is 1.43. The first-order valence-electron chi connectivity index (χ1n) is 3.00. The number of halogens is 1. The summed E-state index contributed by atoms with van der Waals surface area (Å²) in [5.74, 6) is 1.38. The summed E-state index contributed by atoms with van der Waals surface area (Å²) in [6.45, 7) is 1.86. The van der Waals surface area contributed by atoms with Crippen molar-refractivity contribution in [2.24, 2.45) is 0 Å². The van der Waals surface area contributed by atoms with Crippen molar-refractivity contribution in [1.29, 1.82) is 0 Å². The molecule has 52 valence electrons. The Hall–Kier alpha value is -0.680. The second kappa shape index (κ2) is 2.94. The molecule has 0 spiro atoms. The molecule has 1 rings (SSSR count). The molecule has 0 amide bonds. The van der Waals surface area contributed by atoms with Gasteiger partial charge in [-0.05, 0) is 24.4 Å². The Morgan fingerprint density at radius 3 is 2.70 bits per heavy atom. The Kier molecular flexibility index (Phi) is 2.18. The van der Waals surface area contributed by atoms with Crippen LogP contribution in [0.3, 0.4) is 0 Å². The molecule has 0 aromatic heterocycles. The maximum Gasteiger partial charge on any atom is 0.131 e. The van der Waals surface area contributed by atoms with E-state index >= 15 is 0 Å². The lowest BCUT2D eigenvalue weighted by molar-refractivity contribution is 0.625. The zero-order valence-electron chi connectivity index (χ0n) is 5.69. The third-order valence-electron chi connectivity index (χ3n) is 1.31. The maximum atomic E-state index is 12.8. The molecular weight excluding hydrogens is 146 g/mol. The van der Waals surface area contributed by atoms with Crippen LogP contribution in [0.5, 0.6) is 0 Å². The van der Waals surface area contributed by atoms with Crippen molar-refractivity contribution in [3.63, 3.8) is 0 Å². The van der Waals surface area contributed by atoms with Crippen LogP contribution in [-0.2, 0) is 0 Å². The molecule has 0 unspecified atom stereocenters. The van der Waals surface area contributed by atoms with Crippen LogP contribution >= 0.6 is 8.86 Å². The van der Waals surface area contributed by atoms with Gasteiger partial charge in [-0.2, -0.15) is 0 Å². The number of aryl methyl sites for hydroxylation is 1.